The summed E-state index contributed by atoms with van der Waals surface area (Å²) in [5.41, 5.74) is 2.51. The van der Waals surface area contributed by atoms with Crippen molar-refractivity contribution in [1.82, 2.24) is 9.97 Å². The Morgan fingerprint density at radius 3 is 2.33 bits per heavy atom. The van der Waals surface area contributed by atoms with E-state index in [1.807, 2.05) is 52.0 Å². The van der Waals surface area contributed by atoms with E-state index >= 15 is 0 Å². The maximum Gasteiger partial charge on any atom is 0.275 e. The monoisotopic (exact) mass is 303 g/mol. The third-order valence-corrected chi connectivity index (χ3v) is 3.25. The molecule has 0 saturated heterocycles. The minimum Gasteiger partial charge on any atom is -0.321 e. The lowest BCUT2D eigenvalue weighted by Crippen LogP contribution is -2.19. The standard InChI is InChI=1S/C16H18ClN3O/c1-10-5-7-11(8-6-10)19-15(21)12-9-18-13(14(17)20-12)16(2,3)4/h5-9H,1-4H3,(H,19,21). The van der Waals surface area contributed by atoms with E-state index in [0.717, 1.165) is 5.56 Å². The molecule has 0 aliphatic rings. The van der Waals surface area contributed by atoms with Crippen LogP contribution in [0.25, 0.3) is 0 Å². The minimum absolute atomic E-state index is 0.202. The zero-order valence-corrected chi connectivity index (χ0v) is 13.3. The maximum atomic E-state index is 12.1. The van der Waals surface area contributed by atoms with Gasteiger partial charge in [-0.25, -0.2) is 4.98 Å². The fraction of sp³-hybridized carbons (Fsp3) is 0.312. The van der Waals surface area contributed by atoms with E-state index in [1.165, 1.54) is 6.20 Å². The van der Waals surface area contributed by atoms with Gasteiger partial charge < -0.3 is 5.32 Å². The van der Waals surface area contributed by atoms with Crippen molar-refractivity contribution in [3.63, 3.8) is 0 Å². The molecule has 4 nitrogen and oxygen atoms in total. The van der Waals surface area contributed by atoms with Gasteiger partial charge in [-0.3, -0.25) is 9.78 Å². The smallest absolute Gasteiger partial charge is 0.275 e. The SMILES string of the molecule is Cc1ccc(NC(=O)c2cnc(C(C)(C)C)c(Cl)n2)cc1. The summed E-state index contributed by atoms with van der Waals surface area (Å²) in [5.74, 6) is -0.325. The van der Waals surface area contributed by atoms with Crippen molar-refractivity contribution in [1.29, 1.82) is 0 Å². The maximum absolute atomic E-state index is 12.1. The average molecular weight is 304 g/mol. The van der Waals surface area contributed by atoms with Crippen LogP contribution in [0.3, 0.4) is 0 Å². The van der Waals surface area contributed by atoms with E-state index in [0.29, 0.717) is 11.4 Å². The number of carbonyl (C=O) groups excluding carboxylic acids is 1. The van der Waals surface area contributed by atoms with Crippen LogP contribution in [0.15, 0.2) is 30.5 Å². The lowest BCUT2D eigenvalue weighted by atomic mass is 9.92. The summed E-state index contributed by atoms with van der Waals surface area (Å²) in [6, 6.07) is 7.53. The van der Waals surface area contributed by atoms with Gasteiger partial charge in [0, 0.05) is 11.1 Å². The summed E-state index contributed by atoms with van der Waals surface area (Å²) in [5, 5.41) is 3.03. The second kappa shape index (κ2) is 5.82. The second-order valence-corrected chi connectivity index (χ2v) is 6.32. The van der Waals surface area contributed by atoms with Crippen LogP contribution in [0.2, 0.25) is 5.15 Å². The fourth-order valence-corrected chi connectivity index (χ4v) is 2.23. The van der Waals surface area contributed by atoms with Crippen molar-refractivity contribution >= 4 is 23.2 Å². The number of carbonyl (C=O) groups is 1. The molecular formula is C16H18ClN3O. The van der Waals surface area contributed by atoms with Crippen molar-refractivity contribution in [2.75, 3.05) is 5.32 Å². The summed E-state index contributed by atoms with van der Waals surface area (Å²) < 4.78 is 0. The largest absolute Gasteiger partial charge is 0.321 e. The Labute approximate surface area is 129 Å². The van der Waals surface area contributed by atoms with Crippen molar-refractivity contribution in [2.24, 2.45) is 0 Å². The quantitative estimate of drug-likeness (QED) is 0.912. The molecule has 0 unspecified atom stereocenters. The van der Waals surface area contributed by atoms with Gasteiger partial charge in [-0.2, -0.15) is 0 Å². The molecule has 0 atom stereocenters. The molecule has 1 amide bonds. The number of nitrogens with one attached hydrogen (secondary N) is 1. The number of hydrogen-bond acceptors (Lipinski definition) is 3. The summed E-state index contributed by atoms with van der Waals surface area (Å²) in [4.78, 5) is 20.6. The molecule has 0 aliphatic carbocycles. The molecule has 21 heavy (non-hydrogen) atoms. The highest BCUT2D eigenvalue weighted by atomic mass is 35.5. The number of benzene rings is 1. The number of aryl methyl sites for hydroxylation is 1. The van der Waals surface area contributed by atoms with Crippen LogP contribution in [0.5, 0.6) is 0 Å². The third-order valence-electron chi connectivity index (χ3n) is 2.98. The Balaban J connectivity index is 2.20. The molecule has 2 aromatic rings. The van der Waals surface area contributed by atoms with Crippen LogP contribution in [0.4, 0.5) is 5.69 Å². The van der Waals surface area contributed by atoms with Gasteiger partial charge in [0.2, 0.25) is 0 Å². The van der Waals surface area contributed by atoms with Gasteiger partial charge in [-0.1, -0.05) is 50.1 Å². The topological polar surface area (TPSA) is 54.9 Å². The number of halogens is 1. The first-order valence-electron chi connectivity index (χ1n) is 6.68. The van der Waals surface area contributed by atoms with E-state index in [9.17, 15) is 4.79 Å². The number of rotatable bonds is 2. The number of aromatic nitrogens is 2. The molecule has 0 radical (unpaired) electrons. The molecule has 0 bridgehead atoms. The molecule has 0 saturated carbocycles. The fourth-order valence-electron chi connectivity index (χ4n) is 1.81. The van der Waals surface area contributed by atoms with Gasteiger partial charge in [-0.15, -0.1) is 0 Å². The first kappa shape index (κ1) is 15.4. The lowest BCUT2D eigenvalue weighted by molar-refractivity contribution is 0.102. The minimum atomic E-state index is -0.325. The normalized spacial score (nSPS) is 11.3. The third kappa shape index (κ3) is 3.79. The van der Waals surface area contributed by atoms with Gasteiger partial charge in [0.1, 0.15) is 5.69 Å². The van der Waals surface area contributed by atoms with Crippen molar-refractivity contribution in [3.8, 4) is 0 Å². The van der Waals surface area contributed by atoms with Gasteiger partial charge in [0.25, 0.3) is 5.91 Å². The molecule has 1 heterocycles. The van der Waals surface area contributed by atoms with Crippen LogP contribution in [0, 0.1) is 6.92 Å². The Morgan fingerprint density at radius 1 is 1.19 bits per heavy atom. The first-order chi connectivity index (χ1) is 9.77. The van der Waals surface area contributed by atoms with Gasteiger partial charge in [0.15, 0.2) is 5.15 Å². The molecular weight excluding hydrogens is 286 g/mol. The molecule has 0 aliphatic heterocycles. The number of hydrogen-bond donors (Lipinski definition) is 1. The highest BCUT2D eigenvalue weighted by molar-refractivity contribution is 6.30. The molecule has 0 fully saturated rings. The molecule has 1 aromatic heterocycles. The average Bonchev–Trinajstić information content (AvgIpc) is 2.39. The predicted molar refractivity (Wildman–Crippen MR) is 84.9 cm³/mol. The van der Waals surface area contributed by atoms with Crippen LogP contribution in [-0.2, 0) is 5.41 Å². The van der Waals surface area contributed by atoms with E-state index in [-0.39, 0.29) is 22.2 Å². The Bertz CT molecular complexity index is 660. The zero-order chi connectivity index (χ0) is 15.6. The second-order valence-electron chi connectivity index (χ2n) is 5.96. The lowest BCUT2D eigenvalue weighted by Gasteiger charge is -2.18. The van der Waals surface area contributed by atoms with Gasteiger partial charge in [0.05, 0.1) is 11.9 Å². The number of amides is 1. The summed E-state index contributed by atoms with van der Waals surface area (Å²) in [7, 11) is 0. The Kier molecular flexibility index (Phi) is 4.28. The number of nitrogens with zero attached hydrogens (tertiary/aromatic N) is 2. The Hall–Kier alpha value is -1.94. The van der Waals surface area contributed by atoms with Crippen LogP contribution in [-0.4, -0.2) is 15.9 Å². The molecule has 0 spiro atoms. The van der Waals surface area contributed by atoms with Gasteiger partial charge in [-0.05, 0) is 19.1 Å². The summed E-state index contributed by atoms with van der Waals surface area (Å²) >= 11 is 6.13. The van der Waals surface area contributed by atoms with Crippen LogP contribution >= 0.6 is 11.6 Å². The molecule has 110 valence electrons. The van der Waals surface area contributed by atoms with E-state index in [4.69, 9.17) is 11.6 Å². The van der Waals surface area contributed by atoms with E-state index in [2.05, 4.69) is 15.3 Å². The molecule has 1 aromatic carbocycles. The Morgan fingerprint density at radius 2 is 1.81 bits per heavy atom. The summed E-state index contributed by atoms with van der Waals surface area (Å²) in [6.45, 7) is 7.97. The van der Waals surface area contributed by atoms with Crippen LogP contribution in [0.1, 0.15) is 42.5 Å². The van der Waals surface area contributed by atoms with Crippen molar-refractivity contribution in [3.05, 3.63) is 52.6 Å². The van der Waals surface area contributed by atoms with Crippen molar-refractivity contribution < 1.29 is 4.79 Å². The highest BCUT2D eigenvalue weighted by Crippen LogP contribution is 2.25. The molecule has 2 rings (SSSR count). The highest BCUT2D eigenvalue weighted by Gasteiger charge is 2.21. The molecule has 1 N–H and O–H groups in total. The predicted octanol–water partition coefficient (Wildman–Crippen LogP) is 3.99. The molecule has 5 heteroatoms. The summed E-state index contributed by atoms with van der Waals surface area (Å²) in [6.07, 6.45) is 1.45. The van der Waals surface area contributed by atoms with Crippen molar-refractivity contribution in [2.45, 2.75) is 33.1 Å². The van der Waals surface area contributed by atoms with Crippen LogP contribution < -0.4 is 5.32 Å². The number of anilines is 1. The van der Waals surface area contributed by atoms with Gasteiger partial charge >= 0.3 is 0 Å². The first-order valence-corrected chi connectivity index (χ1v) is 7.06. The zero-order valence-electron chi connectivity index (χ0n) is 12.6. The van der Waals surface area contributed by atoms with E-state index < -0.39 is 0 Å². The van der Waals surface area contributed by atoms with E-state index in [1.54, 1.807) is 0 Å².